The molecule has 2 aromatic rings. The van der Waals surface area contributed by atoms with E-state index >= 15 is 0 Å². The zero-order chi connectivity index (χ0) is 24.6. The van der Waals surface area contributed by atoms with Gasteiger partial charge in [-0.05, 0) is 12.5 Å². The van der Waals surface area contributed by atoms with Gasteiger partial charge < -0.3 is 20.1 Å². The molecule has 0 spiro atoms. The third-order valence-corrected chi connectivity index (χ3v) is 5.80. The highest BCUT2D eigenvalue weighted by Gasteiger charge is 2.58. The normalized spacial score (nSPS) is 22.2. The van der Waals surface area contributed by atoms with Gasteiger partial charge in [-0.2, -0.15) is 13.2 Å². The molecule has 8 nitrogen and oxygen atoms in total. The van der Waals surface area contributed by atoms with Gasteiger partial charge in [0.25, 0.3) is 11.8 Å². The largest absolute Gasteiger partial charge is 0.497 e. The van der Waals surface area contributed by atoms with Crippen LogP contribution in [0.15, 0.2) is 59.8 Å². The number of allylic oxidation sites excluding steroid dienone is 1. The first kappa shape index (κ1) is 23.4. The number of alkyl halides is 3. The van der Waals surface area contributed by atoms with Crippen molar-refractivity contribution in [3.63, 3.8) is 0 Å². The van der Waals surface area contributed by atoms with Crippen LogP contribution in [-0.2, 0) is 9.59 Å². The average Bonchev–Trinajstić information content (AvgIpc) is 3.19. The number of amides is 2. The lowest BCUT2D eigenvalue weighted by atomic mass is 9.89. The molecule has 3 unspecified atom stereocenters. The van der Waals surface area contributed by atoms with Crippen LogP contribution >= 0.6 is 0 Å². The molecule has 0 aromatic heterocycles. The van der Waals surface area contributed by atoms with Crippen LogP contribution < -0.4 is 25.5 Å². The predicted molar refractivity (Wildman–Crippen MR) is 117 cm³/mol. The van der Waals surface area contributed by atoms with Crippen LogP contribution in [0.1, 0.15) is 18.4 Å². The number of nitrogens with zero attached hydrogens (tertiary/aromatic N) is 1. The predicted octanol–water partition coefficient (Wildman–Crippen LogP) is 2.91. The van der Waals surface area contributed by atoms with Crippen LogP contribution in [0.25, 0.3) is 0 Å². The van der Waals surface area contributed by atoms with E-state index in [-0.39, 0.29) is 11.3 Å². The Morgan fingerprint density at radius 2 is 1.68 bits per heavy atom. The number of carbonyl (C=O) groups excluding carboxylic acids is 2. The molecule has 0 aliphatic carbocycles. The molecule has 0 saturated carbocycles. The molecule has 2 aliphatic rings. The van der Waals surface area contributed by atoms with E-state index in [4.69, 9.17) is 9.47 Å². The summed E-state index contributed by atoms with van der Waals surface area (Å²) in [5.41, 5.74) is 2.85. The fourth-order valence-electron chi connectivity index (χ4n) is 4.23. The number of hydrogen-bond acceptors (Lipinski definition) is 6. The van der Waals surface area contributed by atoms with E-state index in [1.807, 2.05) is 0 Å². The molecule has 1 saturated heterocycles. The summed E-state index contributed by atoms with van der Waals surface area (Å²) in [6, 6.07) is 10.8. The number of carbonyl (C=O) groups is 2. The Hall–Kier alpha value is -3.73. The van der Waals surface area contributed by atoms with Gasteiger partial charge in [0.05, 0.1) is 20.1 Å². The van der Waals surface area contributed by atoms with E-state index in [1.165, 1.54) is 33.3 Å². The summed E-state index contributed by atoms with van der Waals surface area (Å²) in [7, 11) is 2.89. The maximum absolute atomic E-state index is 13.9. The number of rotatable bonds is 5. The van der Waals surface area contributed by atoms with E-state index in [2.05, 4.69) is 16.1 Å². The third-order valence-electron chi connectivity index (χ3n) is 5.80. The van der Waals surface area contributed by atoms with Crippen molar-refractivity contribution in [3.05, 3.63) is 65.4 Å². The number of ether oxygens (including phenoxy) is 2. The van der Waals surface area contributed by atoms with Crippen molar-refractivity contribution in [1.29, 1.82) is 0 Å². The van der Waals surface area contributed by atoms with Crippen molar-refractivity contribution in [2.75, 3.05) is 19.5 Å². The minimum absolute atomic E-state index is 0.171. The summed E-state index contributed by atoms with van der Waals surface area (Å²) in [5.74, 6) is -1.94. The Bertz CT molecular complexity index is 1110. The monoisotopic (exact) mass is 476 g/mol. The summed E-state index contributed by atoms with van der Waals surface area (Å²) >= 11 is 0. The second-order valence-electron chi connectivity index (χ2n) is 7.90. The van der Waals surface area contributed by atoms with Gasteiger partial charge >= 0.3 is 6.18 Å². The van der Waals surface area contributed by atoms with Crippen LogP contribution in [0, 0.1) is 0 Å². The fourth-order valence-corrected chi connectivity index (χ4v) is 4.23. The highest BCUT2D eigenvalue weighted by atomic mass is 19.4. The number of halogens is 3. The first-order valence-corrected chi connectivity index (χ1v) is 10.4. The third kappa shape index (κ3) is 4.26. The lowest BCUT2D eigenvalue weighted by Gasteiger charge is -2.34. The quantitative estimate of drug-likeness (QED) is 0.575. The van der Waals surface area contributed by atoms with Crippen molar-refractivity contribution in [2.24, 2.45) is 0 Å². The fraction of sp³-hybridized carbons (Fsp3) is 0.304. The molecule has 2 amide bonds. The Kier molecular flexibility index (Phi) is 6.13. The zero-order valence-electron chi connectivity index (χ0n) is 18.6. The molecule has 3 N–H and O–H groups in total. The van der Waals surface area contributed by atoms with Crippen molar-refractivity contribution in [1.82, 2.24) is 15.8 Å². The SMILES string of the molecule is COc1cc(NC(=O)C2=C(C)NC3C(c4ccccc4)C(C(F)(F)F)NN3C2=O)cc(OC)c1. The minimum atomic E-state index is -4.63. The molecular formula is C23H23F3N4O4. The highest BCUT2D eigenvalue weighted by molar-refractivity contribution is 6.23. The van der Waals surface area contributed by atoms with E-state index in [0.29, 0.717) is 22.7 Å². The first-order chi connectivity index (χ1) is 16.1. The molecule has 2 aliphatic heterocycles. The number of hydrogen-bond donors (Lipinski definition) is 3. The first-order valence-electron chi connectivity index (χ1n) is 10.4. The van der Waals surface area contributed by atoms with E-state index in [1.54, 1.807) is 36.4 Å². The number of nitrogens with one attached hydrogen (secondary N) is 3. The maximum atomic E-state index is 13.9. The Labute approximate surface area is 193 Å². The van der Waals surface area contributed by atoms with Crippen molar-refractivity contribution in [3.8, 4) is 11.5 Å². The molecule has 2 aromatic carbocycles. The van der Waals surface area contributed by atoms with Crippen LogP contribution in [0.3, 0.4) is 0 Å². The van der Waals surface area contributed by atoms with E-state index in [0.717, 1.165) is 5.01 Å². The van der Waals surface area contributed by atoms with E-state index in [9.17, 15) is 22.8 Å². The summed E-state index contributed by atoms with van der Waals surface area (Å²) in [5, 5.41) is 6.38. The summed E-state index contributed by atoms with van der Waals surface area (Å²) in [4.78, 5) is 26.3. The summed E-state index contributed by atoms with van der Waals surface area (Å²) in [6.45, 7) is 1.49. The number of fused-ring (bicyclic) bond motifs is 1. The Morgan fingerprint density at radius 3 is 2.24 bits per heavy atom. The number of methoxy groups -OCH3 is 2. The summed E-state index contributed by atoms with van der Waals surface area (Å²) < 4.78 is 52.1. The van der Waals surface area contributed by atoms with Crippen molar-refractivity contribution >= 4 is 17.5 Å². The van der Waals surface area contributed by atoms with Gasteiger partial charge in [-0.1, -0.05) is 30.3 Å². The van der Waals surface area contributed by atoms with Gasteiger partial charge in [0.1, 0.15) is 29.3 Å². The van der Waals surface area contributed by atoms with Gasteiger partial charge in [0.2, 0.25) is 0 Å². The van der Waals surface area contributed by atoms with Crippen LogP contribution in [0.5, 0.6) is 11.5 Å². The van der Waals surface area contributed by atoms with Crippen molar-refractivity contribution in [2.45, 2.75) is 31.2 Å². The minimum Gasteiger partial charge on any atom is -0.497 e. The topological polar surface area (TPSA) is 91.9 Å². The molecule has 0 radical (unpaired) electrons. The smallest absolute Gasteiger partial charge is 0.406 e. The molecule has 4 rings (SSSR count). The van der Waals surface area contributed by atoms with Crippen LogP contribution in [-0.4, -0.2) is 49.4 Å². The number of anilines is 1. The van der Waals surface area contributed by atoms with Gasteiger partial charge in [-0.3, -0.25) is 9.59 Å². The molecular weight excluding hydrogens is 453 g/mol. The molecule has 180 valence electrons. The molecule has 3 atom stereocenters. The van der Waals surface area contributed by atoms with Crippen LogP contribution in [0.2, 0.25) is 0 Å². The van der Waals surface area contributed by atoms with E-state index < -0.39 is 36.1 Å². The molecule has 0 bridgehead atoms. The maximum Gasteiger partial charge on any atom is 0.406 e. The molecule has 34 heavy (non-hydrogen) atoms. The lowest BCUT2D eigenvalue weighted by molar-refractivity contribution is -0.161. The second-order valence-corrected chi connectivity index (χ2v) is 7.90. The second kappa shape index (κ2) is 8.90. The van der Waals surface area contributed by atoms with Gasteiger partial charge in [-0.25, -0.2) is 10.4 Å². The highest BCUT2D eigenvalue weighted by Crippen LogP contribution is 2.41. The van der Waals surface area contributed by atoms with Gasteiger partial charge in [0, 0.05) is 29.6 Å². The van der Waals surface area contributed by atoms with Crippen LogP contribution in [0.4, 0.5) is 18.9 Å². The molecule has 1 fully saturated rings. The Morgan fingerprint density at radius 1 is 1.06 bits per heavy atom. The number of hydrazine groups is 1. The van der Waals surface area contributed by atoms with Gasteiger partial charge in [0.15, 0.2) is 0 Å². The van der Waals surface area contributed by atoms with Crippen molar-refractivity contribution < 1.29 is 32.2 Å². The average molecular weight is 476 g/mol. The zero-order valence-corrected chi connectivity index (χ0v) is 18.6. The summed E-state index contributed by atoms with van der Waals surface area (Å²) in [6.07, 6.45) is -5.66. The number of benzene rings is 2. The molecule has 2 heterocycles. The molecule has 11 heteroatoms. The Balaban J connectivity index is 1.65. The van der Waals surface area contributed by atoms with Gasteiger partial charge in [-0.15, -0.1) is 0 Å². The standard InChI is InChI=1S/C23H23F3N4O4/c1-12-17(21(31)28-14-9-15(33-2)11-16(10-14)34-3)22(32)30-20(27-12)18(13-7-5-4-6-8-13)19(29-30)23(24,25)26/h4-11,18-20,27,29H,1-3H3,(H,28,31). The lowest BCUT2D eigenvalue weighted by Crippen LogP contribution is -2.56.